The monoisotopic (exact) mass is 271 g/mol. The average molecular weight is 271 g/mol. The zero-order valence-corrected chi connectivity index (χ0v) is 12.7. The van der Waals surface area contributed by atoms with E-state index in [2.05, 4.69) is 46.0 Å². The van der Waals surface area contributed by atoms with E-state index in [0.29, 0.717) is 5.82 Å². The van der Waals surface area contributed by atoms with E-state index < -0.39 is 0 Å². The van der Waals surface area contributed by atoms with Crippen LogP contribution in [0.5, 0.6) is 0 Å². The van der Waals surface area contributed by atoms with Gasteiger partial charge in [-0.15, -0.1) is 0 Å². The van der Waals surface area contributed by atoms with E-state index in [-0.39, 0.29) is 5.54 Å². The van der Waals surface area contributed by atoms with E-state index in [1.807, 2.05) is 19.9 Å². The normalized spacial score (nSPS) is 11.7. The van der Waals surface area contributed by atoms with Crippen molar-refractivity contribution in [1.29, 1.82) is 0 Å². The number of aromatic nitrogens is 4. The van der Waals surface area contributed by atoms with Crippen molar-refractivity contribution in [2.75, 3.05) is 0 Å². The van der Waals surface area contributed by atoms with Crippen molar-refractivity contribution in [3.05, 3.63) is 35.5 Å². The summed E-state index contributed by atoms with van der Waals surface area (Å²) in [6.45, 7) is 11.2. The Morgan fingerprint density at radius 1 is 1.10 bits per heavy atom. The number of nitrogens with zero attached hydrogens (tertiary/aromatic N) is 4. The molecule has 2 aromatic heterocycles. The second-order valence-corrected chi connectivity index (χ2v) is 5.89. The molecule has 0 aliphatic heterocycles. The molecule has 0 atom stereocenters. The highest BCUT2D eigenvalue weighted by atomic mass is 15.0. The number of nitrogens with one attached hydrogen (secondary N) is 1. The van der Waals surface area contributed by atoms with Crippen molar-refractivity contribution in [3.63, 3.8) is 0 Å². The Morgan fingerprint density at radius 3 is 2.25 bits per heavy atom. The summed E-state index contributed by atoms with van der Waals surface area (Å²) in [7, 11) is 0. The molecule has 0 fully saturated rings. The predicted molar refractivity (Wildman–Crippen MR) is 79.1 cm³/mol. The van der Waals surface area contributed by atoms with Crippen molar-refractivity contribution in [1.82, 2.24) is 25.3 Å². The van der Waals surface area contributed by atoms with Crippen LogP contribution < -0.4 is 5.32 Å². The summed E-state index contributed by atoms with van der Waals surface area (Å²) in [4.78, 5) is 17.2. The molecule has 0 radical (unpaired) electrons. The van der Waals surface area contributed by atoms with E-state index in [0.717, 1.165) is 29.2 Å². The smallest absolute Gasteiger partial charge is 0.178 e. The molecule has 2 aromatic rings. The highest BCUT2D eigenvalue weighted by Gasteiger charge is 2.14. The highest BCUT2D eigenvalue weighted by Crippen LogP contribution is 2.17. The molecule has 0 aliphatic rings. The summed E-state index contributed by atoms with van der Waals surface area (Å²) >= 11 is 0. The summed E-state index contributed by atoms with van der Waals surface area (Å²) in [5.41, 5.74) is 3.95. The fraction of sp³-hybridized carbons (Fsp3) is 0.467. The van der Waals surface area contributed by atoms with Crippen molar-refractivity contribution < 1.29 is 0 Å². The molecule has 0 aliphatic carbocycles. The molecule has 0 bridgehead atoms. The van der Waals surface area contributed by atoms with Gasteiger partial charge in [-0.25, -0.2) is 19.9 Å². The fourth-order valence-electron chi connectivity index (χ4n) is 1.89. The highest BCUT2D eigenvalue weighted by molar-refractivity contribution is 5.49. The van der Waals surface area contributed by atoms with E-state index in [1.54, 1.807) is 6.20 Å². The van der Waals surface area contributed by atoms with E-state index >= 15 is 0 Å². The lowest BCUT2D eigenvalue weighted by atomic mass is 10.1. The van der Waals surface area contributed by atoms with Crippen LogP contribution in [0.1, 0.15) is 37.7 Å². The van der Waals surface area contributed by atoms with Gasteiger partial charge in [-0.1, -0.05) is 0 Å². The molecule has 1 N–H and O–H groups in total. The molecule has 106 valence electrons. The first-order valence-electron chi connectivity index (χ1n) is 6.72. The van der Waals surface area contributed by atoms with Crippen molar-refractivity contribution in [2.24, 2.45) is 0 Å². The maximum Gasteiger partial charge on any atom is 0.178 e. The van der Waals surface area contributed by atoms with Crippen LogP contribution >= 0.6 is 0 Å². The molecule has 0 aromatic carbocycles. The largest absolute Gasteiger partial charge is 0.308 e. The number of hydrogen-bond donors (Lipinski definition) is 1. The minimum atomic E-state index is 0.0736. The van der Waals surface area contributed by atoms with Gasteiger partial charge in [0.2, 0.25) is 0 Å². The Morgan fingerprint density at radius 2 is 1.75 bits per heavy atom. The van der Waals surface area contributed by atoms with Gasteiger partial charge in [-0.05, 0) is 40.7 Å². The van der Waals surface area contributed by atoms with Gasteiger partial charge in [0.25, 0.3) is 0 Å². The van der Waals surface area contributed by atoms with Gasteiger partial charge in [0.05, 0.1) is 0 Å². The molecular formula is C15H21N5. The van der Waals surface area contributed by atoms with Crippen LogP contribution in [-0.2, 0) is 6.54 Å². The van der Waals surface area contributed by atoms with E-state index in [9.17, 15) is 0 Å². The first-order valence-corrected chi connectivity index (χ1v) is 6.72. The molecule has 2 rings (SSSR count). The van der Waals surface area contributed by atoms with E-state index in [1.165, 1.54) is 6.33 Å². The maximum atomic E-state index is 4.56. The lowest BCUT2D eigenvalue weighted by Gasteiger charge is -2.21. The fourth-order valence-corrected chi connectivity index (χ4v) is 1.89. The summed E-state index contributed by atoms with van der Waals surface area (Å²) in [5, 5.41) is 3.47. The lowest BCUT2D eigenvalue weighted by molar-refractivity contribution is 0.422. The number of aryl methyl sites for hydroxylation is 2. The molecule has 2 heterocycles. The average Bonchev–Trinajstić information content (AvgIpc) is 2.37. The first-order chi connectivity index (χ1) is 9.37. The van der Waals surface area contributed by atoms with Crippen LogP contribution in [0, 0.1) is 13.8 Å². The zero-order valence-electron chi connectivity index (χ0n) is 12.7. The third-order valence-corrected chi connectivity index (χ3v) is 3.03. The van der Waals surface area contributed by atoms with Crippen molar-refractivity contribution >= 4 is 0 Å². The molecule has 5 nitrogen and oxygen atoms in total. The quantitative estimate of drug-likeness (QED) is 0.929. The molecule has 0 unspecified atom stereocenters. The van der Waals surface area contributed by atoms with Crippen LogP contribution in [0.4, 0.5) is 0 Å². The molecule has 0 saturated carbocycles. The number of rotatable bonds is 3. The number of hydrogen-bond acceptors (Lipinski definition) is 5. The molecule has 5 heteroatoms. The minimum absolute atomic E-state index is 0.0736. The minimum Gasteiger partial charge on any atom is -0.308 e. The topological polar surface area (TPSA) is 63.6 Å². The predicted octanol–water partition coefficient (Wildman–Crippen LogP) is 2.44. The second kappa shape index (κ2) is 5.63. The third kappa shape index (κ3) is 3.57. The van der Waals surface area contributed by atoms with Gasteiger partial charge < -0.3 is 5.32 Å². The molecule has 20 heavy (non-hydrogen) atoms. The first kappa shape index (κ1) is 14.5. The summed E-state index contributed by atoms with van der Waals surface area (Å²) in [6, 6.07) is 1.82. The van der Waals surface area contributed by atoms with Crippen LogP contribution in [0.2, 0.25) is 0 Å². The molecule has 0 saturated heterocycles. The van der Waals surface area contributed by atoms with Gasteiger partial charge in [0, 0.05) is 35.2 Å². The van der Waals surface area contributed by atoms with Crippen LogP contribution in [0.3, 0.4) is 0 Å². The van der Waals surface area contributed by atoms with Crippen LogP contribution in [0.15, 0.2) is 18.6 Å². The van der Waals surface area contributed by atoms with Crippen LogP contribution in [-0.4, -0.2) is 25.5 Å². The Balaban J connectivity index is 2.30. The molecular weight excluding hydrogens is 250 g/mol. The Bertz CT molecular complexity index is 564. The molecule has 0 amide bonds. The summed E-state index contributed by atoms with van der Waals surface area (Å²) in [6.07, 6.45) is 3.21. The van der Waals surface area contributed by atoms with Gasteiger partial charge in [-0.3, -0.25) is 0 Å². The van der Waals surface area contributed by atoms with Crippen LogP contribution in [0.25, 0.3) is 11.5 Å². The molecule has 0 spiro atoms. The third-order valence-electron chi connectivity index (χ3n) is 3.03. The van der Waals surface area contributed by atoms with Crippen molar-refractivity contribution in [2.45, 2.75) is 46.7 Å². The van der Waals surface area contributed by atoms with E-state index in [4.69, 9.17) is 0 Å². The lowest BCUT2D eigenvalue weighted by Crippen LogP contribution is -2.35. The Hall–Kier alpha value is -1.88. The second-order valence-electron chi connectivity index (χ2n) is 5.89. The SMILES string of the molecule is Cc1nc(-c2ccncn2)nc(C)c1CNC(C)(C)C. The summed E-state index contributed by atoms with van der Waals surface area (Å²) in [5.74, 6) is 0.655. The van der Waals surface area contributed by atoms with Crippen molar-refractivity contribution in [3.8, 4) is 11.5 Å². The zero-order chi connectivity index (χ0) is 14.8. The van der Waals surface area contributed by atoms with Gasteiger partial charge in [0.1, 0.15) is 12.0 Å². The van der Waals surface area contributed by atoms with Gasteiger partial charge in [0.15, 0.2) is 5.82 Å². The Labute approximate surface area is 119 Å². The summed E-state index contributed by atoms with van der Waals surface area (Å²) < 4.78 is 0. The standard InChI is InChI=1S/C15H21N5/c1-10-12(8-18-15(3,4)5)11(2)20-14(19-10)13-6-7-16-9-17-13/h6-7,9,18H,8H2,1-5H3. The Kier molecular flexibility index (Phi) is 4.09. The van der Waals surface area contributed by atoms with Gasteiger partial charge in [-0.2, -0.15) is 0 Å². The maximum absolute atomic E-state index is 4.56. The van der Waals surface area contributed by atoms with Gasteiger partial charge >= 0.3 is 0 Å².